The molecule has 3 aromatic rings. The van der Waals surface area contributed by atoms with Crippen LogP contribution in [0, 0.1) is 25.5 Å². The van der Waals surface area contributed by atoms with E-state index in [2.05, 4.69) is 16.2 Å². The molecule has 9 heteroatoms. The number of halogens is 2. The fraction of sp³-hybridized carbons (Fsp3) is 0.136. The first-order chi connectivity index (χ1) is 14.8. The maximum atomic E-state index is 13.2. The van der Waals surface area contributed by atoms with Gasteiger partial charge >= 0.3 is 0 Å². The molecule has 0 saturated carbocycles. The number of hydrazine groups is 1. The number of aromatic nitrogens is 1. The summed E-state index contributed by atoms with van der Waals surface area (Å²) in [5.74, 6) is -2.57. The van der Waals surface area contributed by atoms with E-state index in [4.69, 9.17) is 0 Å². The Bertz CT molecular complexity index is 1120. The summed E-state index contributed by atoms with van der Waals surface area (Å²) in [4.78, 5) is 36.4. The molecular weight excluding hydrogens is 406 g/mol. The lowest BCUT2D eigenvalue weighted by molar-refractivity contribution is -0.120. The maximum absolute atomic E-state index is 13.2. The van der Waals surface area contributed by atoms with Gasteiger partial charge < -0.3 is 9.88 Å². The van der Waals surface area contributed by atoms with Crippen LogP contribution in [0.25, 0.3) is 5.69 Å². The summed E-state index contributed by atoms with van der Waals surface area (Å²) >= 11 is 0. The minimum Gasteiger partial charge on any atom is -0.343 e. The van der Waals surface area contributed by atoms with E-state index in [1.807, 2.05) is 0 Å². The molecule has 3 amide bonds. The molecule has 0 bridgehead atoms. The molecule has 0 unspecified atom stereocenters. The Morgan fingerprint density at radius 1 is 0.839 bits per heavy atom. The number of benzene rings is 2. The quantitative estimate of drug-likeness (QED) is 0.548. The van der Waals surface area contributed by atoms with Gasteiger partial charge in [0.2, 0.25) is 0 Å². The minimum absolute atomic E-state index is 0.200. The van der Waals surface area contributed by atoms with Gasteiger partial charge in [0.15, 0.2) is 0 Å². The third kappa shape index (κ3) is 5.13. The van der Waals surface area contributed by atoms with Crippen LogP contribution < -0.4 is 16.2 Å². The highest BCUT2D eigenvalue weighted by molar-refractivity contribution is 5.98. The molecule has 3 rings (SSSR count). The summed E-state index contributed by atoms with van der Waals surface area (Å²) in [6.07, 6.45) is 0. The van der Waals surface area contributed by atoms with Gasteiger partial charge in [-0.2, -0.15) is 0 Å². The molecule has 0 saturated heterocycles. The topological polar surface area (TPSA) is 92.2 Å². The fourth-order valence-corrected chi connectivity index (χ4v) is 3.08. The largest absolute Gasteiger partial charge is 0.343 e. The van der Waals surface area contributed by atoms with Crippen LogP contribution in [0.3, 0.4) is 0 Å². The summed E-state index contributed by atoms with van der Waals surface area (Å²) in [5, 5.41) is 2.37. The lowest BCUT2D eigenvalue weighted by Crippen LogP contribution is -2.46. The fourth-order valence-electron chi connectivity index (χ4n) is 3.08. The van der Waals surface area contributed by atoms with E-state index in [1.165, 1.54) is 24.3 Å². The zero-order valence-electron chi connectivity index (χ0n) is 16.8. The molecule has 0 radical (unpaired) electrons. The third-order valence-electron chi connectivity index (χ3n) is 4.59. The van der Waals surface area contributed by atoms with E-state index in [0.29, 0.717) is 16.9 Å². The predicted molar refractivity (Wildman–Crippen MR) is 110 cm³/mol. The van der Waals surface area contributed by atoms with Crippen molar-refractivity contribution in [1.82, 2.24) is 20.7 Å². The number of amides is 3. The second kappa shape index (κ2) is 9.21. The van der Waals surface area contributed by atoms with Crippen LogP contribution in [0.1, 0.15) is 32.1 Å². The third-order valence-corrected chi connectivity index (χ3v) is 4.59. The smallest absolute Gasteiger partial charge is 0.271 e. The molecule has 0 spiro atoms. The minimum atomic E-state index is -0.642. The second-order valence-electron chi connectivity index (χ2n) is 6.79. The summed E-state index contributed by atoms with van der Waals surface area (Å²) in [6.45, 7) is 3.15. The molecule has 0 atom stereocenters. The van der Waals surface area contributed by atoms with Crippen molar-refractivity contribution in [2.24, 2.45) is 0 Å². The molecule has 0 aliphatic carbocycles. The van der Waals surface area contributed by atoms with Crippen LogP contribution in [-0.4, -0.2) is 28.8 Å². The van der Waals surface area contributed by atoms with Gasteiger partial charge in [0.1, 0.15) is 11.6 Å². The number of hydrogen-bond donors (Lipinski definition) is 3. The summed E-state index contributed by atoms with van der Waals surface area (Å²) in [7, 11) is 0. The Kier molecular flexibility index (Phi) is 6.44. The highest BCUT2D eigenvalue weighted by Gasteiger charge is 2.17. The van der Waals surface area contributed by atoms with Crippen molar-refractivity contribution in [3.05, 3.63) is 88.7 Å². The molecule has 0 aliphatic rings. The predicted octanol–water partition coefficient (Wildman–Crippen LogP) is 2.56. The lowest BCUT2D eigenvalue weighted by Gasteiger charge is -2.11. The van der Waals surface area contributed by atoms with E-state index >= 15 is 0 Å². The SMILES string of the molecule is Cc1cc(C(=O)NNC(=O)CNC(=O)c2ccc(F)cc2)c(C)n1-c1ccc(F)cc1. The molecule has 0 fully saturated rings. The molecule has 3 N–H and O–H groups in total. The molecule has 7 nitrogen and oxygen atoms in total. The maximum Gasteiger partial charge on any atom is 0.271 e. The molecule has 2 aromatic carbocycles. The molecule has 31 heavy (non-hydrogen) atoms. The molecular formula is C22H20F2N4O3. The zero-order valence-corrected chi connectivity index (χ0v) is 16.8. The number of rotatable bonds is 5. The highest BCUT2D eigenvalue weighted by Crippen LogP contribution is 2.21. The van der Waals surface area contributed by atoms with Crippen LogP contribution >= 0.6 is 0 Å². The van der Waals surface area contributed by atoms with Crippen molar-refractivity contribution in [2.75, 3.05) is 6.54 Å². The van der Waals surface area contributed by atoms with Crippen molar-refractivity contribution in [1.29, 1.82) is 0 Å². The van der Waals surface area contributed by atoms with E-state index in [9.17, 15) is 23.2 Å². The van der Waals surface area contributed by atoms with Gasteiger partial charge in [-0.1, -0.05) is 0 Å². The van der Waals surface area contributed by atoms with Gasteiger partial charge in [-0.25, -0.2) is 8.78 Å². The first-order valence-electron chi connectivity index (χ1n) is 9.34. The normalized spacial score (nSPS) is 10.5. The summed E-state index contributed by atoms with van der Waals surface area (Å²) in [6, 6.07) is 12.4. The Hall–Kier alpha value is -4.01. The molecule has 1 aromatic heterocycles. The van der Waals surface area contributed by atoms with E-state index < -0.39 is 23.5 Å². The standard InChI is InChI=1S/C22H20F2N4O3/c1-13-11-19(14(2)28(13)18-9-7-17(24)8-10-18)22(31)27-26-20(29)12-25-21(30)15-3-5-16(23)6-4-15/h3-11H,12H2,1-2H3,(H,25,30)(H,26,29)(H,27,31). The number of nitrogens with one attached hydrogen (secondary N) is 3. The number of nitrogens with zero attached hydrogens (tertiary/aromatic N) is 1. The number of hydrogen-bond acceptors (Lipinski definition) is 3. The Morgan fingerprint density at radius 3 is 2.03 bits per heavy atom. The monoisotopic (exact) mass is 426 g/mol. The van der Waals surface area contributed by atoms with Crippen molar-refractivity contribution in [3.8, 4) is 5.69 Å². The van der Waals surface area contributed by atoms with Crippen LogP contribution in [0.4, 0.5) is 8.78 Å². The zero-order chi connectivity index (χ0) is 22.5. The van der Waals surface area contributed by atoms with Gasteiger partial charge in [0, 0.05) is 22.6 Å². The van der Waals surface area contributed by atoms with Crippen molar-refractivity contribution >= 4 is 17.7 Å². The van der Waals surface area contributed by atoms with Gasteiger partial charge in [0.25, 0.3) is 17.7 Å². The van der Waals surface area contributed by atoms with Gasteiger partial charge in [-0.3, -0.25) is 25.2 Å². The van der Waals surface area contributed by atoms with Crippen molar-refractivity contribution in [2.45, 2.75) is 13.8 Å². The van der Waals surface area contributed by atoms with Gasteiger partial charge in [-0.05, 0) is 68.4 Å². The first kappa shape index (κ1) is 21.7. The Labute approximate surface area is 177 Å². The number of carbonyl (C=O) groups is 3. The highest BCUT2D eigenvalue weighted by atomic mass is 19.1. The van der Waals surface area contributed by atoms with E-state index in [-0.39, 0.29) is 17.9 Å². The van der Waals surface area contributed by atoms with Crippen LogP contribution in [-0.2, 0) is 4.79 Å². The van der Waals surface area contributed by atoms with Crippen molar-refractivity contribution < 1.29 is 23.2 Å². The molecule has 0 aliphatic heterocycles. The van der Waals surface area contributed by atoms with E-state index in [0.717, 1.165) is 17.8 Å². The number of carbonyl (C=O) groups excluding carboxylic acids is 3. The molecule has 160 valence electrons. The van der Waals surface area contributed by atoms with Crippen LogP contribution in [0.15, 0.2) is 54.6 Å². The second-order valence-corrected chi connectivity index (χ2v) is 6.79. The molecule has 1 heterocycles. The number of aryl methyl sites for hydroxylation is 1. The van der Waals surface area contributed by atoms with E-state index in [1.54, 1.807) is 36.6 Å². The average molecular weight is 426 g/mol. The van der Waals surface area contributed by atoms with Crippen LogP contribution in [0.2, 0.25) is 0 Å². The van der Waals surface area contributed by atoms with Gasteiger partial charge in [-0.15, -0.1) is 0 Å². The summed E-state index contributed by atoms with van der Waals surface area (Å²) in [5.41, 5.74) is 7.12. The summed E-state index contributed by atoms with van der Waals surface area (Å²) < 4.78 is 27.9. The van der Waals surface area contributed by atoms with Gasteiger partial charge in [0.05, 0.1) is 12.1 Å². The first-order valence-corrected chi connectivity index (χ1v) is 9.34. The lowest BCUT2D eigenvalue weighted by atomic mass is 10.2. The Morgan fingerprint density at radius 2 is 1.42 bits per heavy atom. The van der Waals surface area contributed by atoms with Crippen molar-refractivity contribution in [3.63, 3.8) is 0 Å². The Balaban J connectivity index is 1.57. The average Bonchev–Trinajstić information content (AvgIpc) is 3.05. The van der Waals surface area contributed by atoms with Crippen LogP contribution in [0.5, 0.6) is 0 Å².